The standard InChI is InChI=1S/C24H21IO2.C22H17IO3/c1-15-7-12-22-21(13-15)16(2)23(18-5-4-6-20(14-18)26-3)24(27-22)17-8-10-19(25)11-9-17;1-13-19-12-18(25)9-10-20(19)26-22(14-5-7-16(23)8-6-14)21(13)15-3-2-4-17(24)11-15/h4-14,24H,1-3H3;2-12,22,24-25H,1H3. The maximum absolute atomic E-state index is 9.96. The highest BCUT2D eigenvalue weighted by molar-refractivity contribution is 14.1. The zero-order valence-corrected chi connectivity index (χ0v) is 34.0. The summed E-state index contributed by atoms with van der Waals surface area (Å²) >= 11 is 4.61. The van der Waals surface area contributed by atoms with E-state index in [0.29, 0.717) is 0 Å². The number of methoxy groups -OCH3 is 1. The van der Waals surface area contributed by atoms with Crippen LogP contribution in [-0.2, 0) is 0 Å². The van der Waals surface area contributed by atoms with Crippen molar-refractivity contribution in [1.29, 1.82) is 0 Å². The first-order valence-corrected chi connectivity index (χ1v) is 19.4. The van der Waals surface area contributed by atoms with E-state index in [2.05, 4.69) is 138 Å². The van der Waals surface area contributed by atoms with Crippen molar-refractivity contribution in [3.8, 4) is 28.7 Å². The molecule has 0 aromatic heterocycles. The van der Waals surface area contributed by atoms with E-state index < -0.39 is 0 Å². The lowest BCUT2D eigenvalue weighted by molar-refractivity contribution is 0.259. The highest BCUT2D eigenvalue weighted by Crippen LogP contribution is 2.49. The quantitative estimate of drug-likeness (QED) is 0.169. The predicted molar refractivity (Wildman–Crippen MR) is 230 cm³/mol. The summed E-state index contributed by atoms with van der Waals surface area (Å²) in [6.07, 6.45) is -0.435. The number of aromatic hydroxyl groups is 2. The minimum absolute atomic E-state index is 0.149. The Morgan fingerprint density at radius 1 is 0.528 bits per heavy atom. The van der Waals surface area contributed by atoms with Crippen molar-refractivity contribution in [3.63, 3.8) is 0 Å². The maximum Gasteiger partial charge on any atom is 0.150 e. The van der Waals surface area contributed by atoms with Crippen LogP contribution in [0.3, 0.4) is 0 Å². The topological polar surface area (TPSA) is 68.2 Å². The second-order valence-corrected chi connectivity index (χ2v) is 15.6. The molecule has 0 amide bonds. The number of benzene rings is 6. The van der Waals surface area contributed by atoms with Crippen molar-refractivity contribution in [3.05, 3.63) is 180 Å². The number of halogens is 2. The van der Waals surface area contributed by atoms with Crippen molar-refractivity contribution < 1.29 is 24.4 Å². The third kappa shape index (κ3) is 7.82. The van der Waals surface area contributed by atoms with E-state index in [-0.39, 0.29) is 23.7 Å². The molecule has 0 bridgehead atoms. The third-order valence-electron chi connectivity index (χ3n) is 9.61. The first kappa shape index (κ1) is 36.6. The average molecular weight is 925 g/mol. The summed E-state index contributed by atoms with van der Waals surface area (Å²) in [6, 6.07) is 43.8. The molecule has 6 aromatic rings. The molecule has 2 aliphatic rings. The summed E-state index contributed by atoms with van der Waals surface area (Å²) in [6.45, 7) is 6.33. The van der Waals surface area contributed by atoms with Crippen molar-refractivity contribution in [2.45, 2.75) is 33.0 Å². The predicted octanol–water partition coefficient (Wildman–Crippen LogP) is 12.4. The first-order valence-electron chi connectivity index (χ1n) is 17.2. The molecule has 2 atom stereocenters. The highest BCUT2D eigenvalue weighted by Gasteiger charge is 2.31. The van der Waals surface area contributed by atoms with E-state index in [1.165, 1.54) is 20.3 Å². The molecule has 2 unspecified atom stereocenters. The fourth-order valence-electron chi connectivity index (χ4n) is 6.95. The molecule has 0 fully saturated rings. The molecule has 6 aromatic carbocycles. The molecule has 266 valence electrons. The molecule has 0 saturated heterocycles. The number of aryl methyl sites for hydroxylation is 1. The maximum atomic E-state index is 9.96. The van der Waals surface area contributed by atoms with Gasteiger partial charge in [0.05, 0.1) is 7.11 Å². The van der Waals surface area contributed by atoms with Crippen LogP contribution in [0.2, 0.25) is 0 Å². The number of hydrogen-bond acceptors (Lipinski definition) is 5. The van der Waals surface area contributed by atoms with Crippen LogP contribution >= 0.6 is 45.2 Å². The Hall–Kier alpha value is -4.74. The molecule has 5 nitrogen and oxygen atoms in total. The monoisotopic (exact) mass is 924 g/mol. The van der Waals surface area contributed by atoms with Gasteiger partial charge in [0.25, 0.3) is 0 Å². The Morgan fingerprint density at radius 2 is 1.02 bits per heavy atom. The Morgan fingerprint density at radius 3 is 1.57 bits per heavy atom. The van der Waals surface area contributed by atoms with Crippen molar-refractivity contribution in [2.24, 2.45) is 0 Å². The number of hydrogen-bond donors (Lipinski definition) is 2. The van der Waals surface area contributed by atoms with E-state index >= 15 is 0 Å². The highest BCUT2D eigenvalue weighted by atomic mass is 127. The summed E-state index contributed by atoms with van der Waals surface area (Å²) in [5.74, 6) is 2.95. The van der Waals surface area contributed by atoms with E-state index in [1.807, 2.05) is 31.2 Å². The number of phenols is 2. The van der Waals surface area contributed by atoms with Crippen LogP contribution in [0.15, 0.2) is 133 Å². The fourth-order valence-corrected chi connectivity index (χ4v) is 7.67. The molecule has 8 rings (SSSR count). The molecule has 0 aliphatic carbocycles. The van der Waals surface area contributed by atoms with Crippen molar-refractivity contribution >= 4 is 67.5 Å². The van der Waals surface area contributed by atoms with Gasteiger partial charge in [0, 0.05) is 29.4 Å². The van der Waals surface area contributed by atoms with Gasteiger partial charge in [-0.15, -0.1) is 0 Å². The normalized spacial score (nSPS) is 16.0. The Balaban J connectivity index is 0.000000164. The van der Waals surface area contributed by atoms with Gasteiger partial charge in [0.2, 0.25) is 0 Å². The Bertz CT molecular complexity index is 2360. The largest absolute Gasteiger partial charge is 0.508 e. The van der Waals surface area contributed by atoms with Gasteiger partial charge in [0.15, 0.2) is 0 Å². The Labute approximate surface area is 337 Å². The first-order chi connectivity index (χ1) is 25.6. The number of rotatable bonds is 5. The Kier molecular flexibility index (Phi) is 10.8. The molecule has 0 saturated carbocycles. The van der Waals surface area contributed by atoms with Gasteiger partial charge >= 0.3 is 0 Å². The van der Waals surface area contributed by atoms with Crippen LogP contribution in [0, 0.1) is 14.1 Å². The summed E-state index contributed by atoms with van der Waals surface area (Å²) < 4.78 is 20.7. The molecule has 0 spiro atoms. The number of ether oxygens (including phenoxy) is 3. The van der Waals surface area contributed by atoms with E-state index in [0.717, 1.165) is 65.3 Å². The van der Waals surface area contributed by atoms with Gasteiger partial charge in [0.1, 0.15) is 41.0 Å². The molecule has 7 heteroatoms. The second-order valence-electron chi connectivity index (χ2n) is 13.1. The van der Waals surface area contributed by atoms with Crippen LogP contribution in [0.1, 0.15) is 65.0 Å². The minimum Gasteiger partial charge on any atom is -0.508 e. The van der Waals surface area contributed by atoms with Gasteiger partial charge in [-0.05, 0) is 178 Å². The van der Waals surface area contributed by atoms with Gasteiger partial charge < -0.3 is 24.4 Å². The fraction of sp³-hybridized carbons (Fsp3) is 0.130. The third-order valence-corrected chi connectivity index (χ3v) is 11.0. The lowest BCUT2D eigenvalue weighted by Crippen LogP contribution is -2.16. The minimum atomic E-state index is -0.286. The van der Waals surface area contributed by atoms with Crippen LogP contribution in [0.25, 0.3) is 22.3 Å². The van der Waals surface area contributed by atoms with Crippen LogP contribution in [0.4, 0.5) is 0 Å². The SMILES string of the molecule is CC1=C(c2cccc(O)c2)C(c2ccc(I)cc2)Oc2ccc(O)cc21.COc1cccc(C2=C(C)c3cc(C)ccc3OC2c2ccc(I)cc2)c1. The van der Waals surface area contributed by atoms with Crippen LogP contribution in [-0.4, -0.2) is 17.3 Å². The average Bonchev–Trinajstić information content (AvgIpc) is 3.16. The van der Waals surface area contributed by atoms with Crippen molar-refractivity contribution in [2.75, 3.05) is 7.11 Å². The van der Waals surface area contributed by atoms with Crippen molar-refractivity contribution in [1.82, 2.24) is 0 Å². The molecule has 2 N–H and O–H groups in total. The molecular formula is C46H38I2O5. The zero-order chi connectivity index (χ0) is 37.2. The molecule has 2 heterocycles. The number of fused-ring (bicyclic) bond motifs is 2. The van der Waals surface area contributed by atoms with Crippen LogP contribution in [0.5, 0.6) is 28.7 Å². The van der Waals surface area contributed by atoms with Gasteiger partial charge in [-0.2, -0.15) is 0 Å². The lowest BCUT2D eigenvalue weighted by atomic mass is 9.86. The van der Waals surface area contributed by atoms with Gasteiger partial charge in [-0.1, -0.05) is 60.2 Å². The molecule has 0 radical (unpaired) electrons. The van der Waals surface area contributed by atoms with E-state index in [4.69, 9.17) is 14.2 Å². The van der Waals surface area contributed by atoms with Gasteiger partial charge in [-0.3, -0.25) is 0 Å². The van der Waals surface area contributed by atoms with E-state index in [1.54, 1.807) is 37.4 Å². The summed E-state index contributed by atoms with van der Waals surface area (Å²) in [5.41, 5.74) is 11.9. The van der Waals surface area contributed by atoms with E-state index in [9.17, 15) is 10.2 Å². The van der Waals surface area contributed by atoms with Crippen LogP contribution < -0.4 is 14.2 Å². The lowest BCUT2D eigenvalue weighted by Gasteiger charge is -2.31. The zero-order valence-electron chi connectivity index (χ0n) is 29.7. The molecule has 53 heavy (non-hydrogen) atoms. The summed E-state index contributed by atoms with van der Waals surface area (Å²) in [4.78, 5) is 0. The smallest absolute Gasteiger partial charge is 0.150 e. The molecule has 2 aliphatic heterocycles. The summed E-state index contributed by atoms with van der Waals surface area (Å²) in [5, 5.41) is 19.9. The summed E-state index contributed by atoms with van der Waals surface area (Å²) in [7, 11) is 1.70. The van der Waals surface area contributed by atoms with Gasteiger partial charge in [-0.25, -0.2) is 0 Å². The number of phenolic OH excluding ortho intramolecular Hbond substituents is 2. The second kappa shape index (κ2) is 15.7. The number of allylic oxidation sites excluding steroid dienone is 2. The molecular weight excluding hydrogens is 886 g/mol.